The van der Waals surface area contributed by atoms with Crippen LogP contribution >= 0.6 is 0 Å². The number of Topliss-reactive ketones (excluding diaryl/α,β-unsaturated/α-hetero) is 1. The summed E-state index contributed by atoms with van der Waals surface area (Å²) in [5, 5.41) is 3.32. The zero-order chi connectivity index (χ0) is 11.7. The molecule has 0 bridgehead atoms. The van der Waals surface area contributed by atoms with Crippen LogP contribution in [0.1, 0.15) is 33.6 Å². The average molecular weight is 213 g/mol. The lowest BCUT2D eigenvalue weighted by Gasteiger charge is -2.16. The maximum absolute atomic E-state index is 11.4. The molecule has 0 saturated carbocycles. The number of nitrogens with zero attached hydrogens (tertiary/aromatic N) is 3. The Morgan fingerprint density at radius 3 is 2.60 bits per heavy atom. The molecule has 5 nitrogen and oxygen atoms in total. The lowest BCUT2D eigenvalue weighted by Crippen LogP contribution is -2.14. The van der Waals surface area contributed by atoms with Gasteiger partial charge >= 0.3 is 0 Å². The fourth-order valence-electron chi connectivity index (χ4n) is 1.12. The van der Waals surface area contributed by atoms with Gasteiger partial charge in [-0.1, -0.05) is 25.9 Å². The van der Waals surface area contributed by atoms with Gasteiger partial charge < -0.3 is 4.74 Å². The highest BCUT2D eigenvalue weighted by Crippen LogP contribution is 2.19. The van der Waals surface area contributed by atoms with Crippen LogP contribution in [0.25, 0.3) is 10.4 Å². The lowest BCUT2D eigenvalue weighted by atomic mass is 9.89. The summed E-state index contributed by atoms with van der Waals surface area (Å²) in [5.41, 5.74) is 8.03. The number of rotatable bonds is 7. The maximum atomic E-state index is 11.4. The number of ketones is 1. The van der Waals surface area contributed by atoms with Gasteiger partial charge in [-0.25, -0.2) is 0 Å². The van der Waals surface area contributed by atoms with Crippen LogP contribution < -0.4 is 0 Å². The van der Waals surface area contributed by atoms with Gasteiger partial charge in [0.05, 0.1) is 13.2 Å². The number of carbonyl (C=O) groups excluding carboxylic acids is 1. The van der Waals surface area contributed by atoms with Gasteiger partial charge in [0, 0.05) is 24.3 Å². The third-order valence-corrected chi connectivity index (χ3v) is 1.65. The van der Waals surface area contributed by atoms with Gasteiger partial charge in [0.25, 0.3) is 0 Å². The van der Waals surface area contributed by atoms with Gasteiger partial charge in [-0.05, 0) is 10.9 Å². The smallest absolute Gasteiger partial charge is 0.135 e. The van der Waals surface area contributed by atoms with Crippen LogP contribution in [0.3, 0.4) is 0 Å². The van der Waals surface area contributed by atoms with Crippen molar-refractivity contribution >= 4 is 5.78 Å². The molecule has 0 aliphatic rings. The zero-order valence-electron chi connectivity index (χ0n) is 9.69. The molecule has 5 heteroatoms. The summed E-state index contributed by atoms with van der Waals surface area (Å²) in [7, 11) is 0. The molecule has 0 fully saturated rings. The summed E-state index contributed by atoms with van der Waals surface area (Å²) in [6.45, 7) is 7.22. The van der Waals surface area contributed by atoms with E-state index < -0.39 is 0 Å². The van der Waals surface area contributed by atoms with E-state index in [4.69, 9.17) is 10.3 Å². The van der Waals surface area contributed by atoms with Crippen LogP contribution in [0.15, 0.2) is 5.11 Å². The van der Waals surface area contributed by atoms with Crippen molar-refractivity contribution in [3.8, 4) is 0 Å². The fraction of sp³-hybridized carbons (Fsp3) is 0.900. The minimum Gasteiger partial charge on any atom is -0.381 e. The highest BCUT2D eigenvalue weighted by atomic mass is 16.5. The Morgan fingerprint density at radius 2 is 2.07 bits per heavy atom. The predicted molar refractivity (Wildman–Crippen MR) is 58.5 cm³/mol. The van der Waals surface area contributed by atoms with Crippen molar-refractivity contribution in [2.75, 3.05) is 19.8 Å². The Bertz CT molecular complexity index is 240. The Morgan fingerprint density at radius 1 is 1.40 bits per heavy atom. The molecule has 0 aromatic rings. The predicted octanol–water partition coefficient (Wildman–Crippen LogP) is 2.71. The molecule has 0 radical (unpaired) electrons. The van der Waals surface area contributed by atoms with E-state index in [2.05, 4.69) is 10.0 Å². The summed E-state index contributed by atoms with van der Waals surface area (Å²) in [6.07, 6.45) is 1.01. The molecule has 0 aromatic heterocycles. The van der Waals surface area contributed by atoms with Gasteiger partial charge in [-0.3, -0.25) is 4.79 Å². The van der Waals surface area contributed by atoms with Crippen molar-refractivity contribution in [3.05, 3.63) is 10.4 Å². The molecule has 0 N–H and O–H groups in total. The van der Waals surface area contributed by atoms with Crippen molar-refractivity contribution in [3.63, 3.8) is 0 Å². The van der Waals surface area contributed by atoms with Crippen LogP contribution in [0.5, 0.6) is 0 Å². The molecule has 0 spiro atoms. The quantitative estimate of drug-likeness (QED) is 0.282. The minimum atomic E-state index is 0.0438. The molecule has 15 heavy (non-hydrogen) atoms. The first-order chi connectivity index (χ1) is 6.95. The topological polar surface area (TPSA) is 75.1 Å². The van der Waals surface area contributed by atoms with Gasteiger partial charge in [0.1, 0.15) is 5.78 Å². The van der Waals surface area contributed by atoms with Crippen LogP contribution in [0, 0.1) is 5.41 Å². The zero-order valence-corrected chi connectivity index (χ0v) is 9.69. The summed E-state index contributed by atoms with van der Waals surface area (Å²) in [4.78, 5) is 14.0. The van der Waals surface area contributed by atoms with Crippen LogP contribution in [0.4, 0.5) is 0 Å². The van der Waals surface area contributed by atoms with Crippen molar-refractivity contribution in [1.82, 2.24) is 0 Å². The number of ether oxygens (including phenoxy) is 1. The molecule has 0 aliphatic carbocycles. The Labute approximate surface area is 90.4 Å². The van der Waals surface area contributed by atoms with Crippen molar-refractivity contribution < 1.29 is 9.53 Å². The fourth-order valence-corrected chi connectivity index (χ4v) is 1.12. The van der Waals surface area contributed by atoms with Gasteiger partial charge in [-0.15, -0.1) is 0 Å². The van der Waals surface area contributed by atoms with Gasteiger partial charge in [-0.2, -0.15) is 0 Å². The summed E-state index contributed by atoms with van der Waals surface area (Å²) >= 11 is 0. The van der Waals surface area contributed by atoms with E-state index >= 15 is 0 Å². The Hall–Kier alpha value is -1.06. The third-order valence-electron chi connectivity index (χ3n) is 1.65. The number of carbonyl (C=O) groups is 1. The molecular weight excluding hydrogens is 194 g/mol. The van der Waals surface area contributed by atoms with Crippen molar-refractivity contribution in [1.29, 1.82) is 0 Å². The standard InChI is InChI=1S/C10H19N3O2/c1-10(2,3)8-9(14)4-6-15-7-5-12-13-11/h4-8H2,1-3H3. The first-order valence-corrected chi connectivity index (χ1v) is 5.06. The molecule has 0 rings (SSSR count). The van der Waals surface area contributed by atoms with E-state index in [1.165, 1.54) is 0 Å². The normalized spacial score (nSPS) is 10.9. The molecule has 0 atom stereocenters. The highest BCUT2D eigenvalue weighted by molar-refractivity contribution is 5.79. The second-order valence-electron chi connectivity index (χ2n) is 4.59. The third kappa shape index (κ3) is 10.9. The number of hydrogen-bond donors (Lipinski definition) is 0. The monoisotopic (exact) mass is 213 g/mol. The van der Waals surface area contributed by atoms with Crippen molar-refractivity contribution in [2.24, 2.45) is 10.5 Å². The molecule has 0 saturated heterocycles. The molecule has 0 amide bonds. The molecule has 0 unspecified atom stereocenters. The largest absolute Gasteiger partial charge is 0.381 e. The van der Waals surface area contributed by atoms with E-state index in [1.807, 2.05) is 20.8 Å². The lowest BCUT2D eigenvalue weighted by molar-refractivity contribution is -0.121. The van der Waals surface area contributed by atoms with E-state index in [0.29, 0.717) is 32.6 Å². The Balaban J connectivity index is 3.43. The van der Waals surface area contributed by atoms with Gasteiger partial charge in [0.15, 0.2) is 0 Å². The van der Waals surface area contributed by atoms with E-state index in [9.17, 15) is 4.79 Å². The molecule has 0 aromatic carbocycles. The van der Waals surface area contributed by atoms with E-state index in [1.54, 1.807) is 0 Å². The summed E-state index contributed by atoms with van der Waals surface area (Å²) in [5.74, 6) is 0.214. The molecule has 0 heterocycles. The first kappa shape index (κ1) is 13.9. The van der Waals surface area contributed by atoms with Crippen LogP contribution in [-0.4, -0.2) is 25.5 Å². The molecule has 0 aliphatic heterocycles. The summed E-state index contributed by atoms with van der Waals surface area (Å²) < 4.78 is 5.14. The van der Waals surface area contributed by atoms with Crippen molar-refractivity contribution in [2.45, 2.75) is 33.6 Å². The first-order valence-electron chi connectivity index (χ1n) is 5.06. The SMILES string of the molecule is CC(C)(C)CC(=O)CCOCCN=[N+]=[N-]. The maximum Gasteiger partial charge on any atom is 0.135 e. The number of hydrogen-bond acceptors (Lipinski definition) is 3. The van der Waals surface area contributed by atoms with Crippen LogP contribution in [0.2, 0.25) is 0 Å². The van der Waals surface area contributed by atoms with E-state index in [-0.39, 0.29) is 11.2 Å². The van der Waals surface area contributed by atoms with Gasteiger partial charge in [0.2, 0.25) is 0 Å². The summed E-state index contributed by atoms with van der Waals surface area (Å²) in [6, 6.07) is 0. The highest BCUT2D eigenvalue weighted by Gasteiger charge is 2.15. The second kappa shape index (κ2) is 7.26. The molecule has 86 valence electrons. The molecular formula is C10H19N3O2. The second-order valence-corrected chi connectivity index (χ2v) is 4.59. The number of azide groups is 1. The average Bonchev–Trinajstić information content (AvgIpc) is 2.08. The van der Waals surface area contributed by atoms with Crippen LogP contribution in [-0.2, 0) is 9.53 Å². The van der Waals surface area contributed by atoms with E-state index in [0.717, 1.165) is 0 Å². The Kier molecular flexibility index (Phi) is 6.75. The minimum absolute atomic E-state index is 0.0438.